The largest absolute Gasteiger partial charge is 0.384 e. The number of nitrogens with two attached hydrogens (primary N) is 1. The predicted molar refractivity (Wildman–Crippen MR) is 107 cm³/mol. The maximum Gasteiger partial charge on any atom is 0.262 e. The van der Waals surface area contributed by atoms with Gasteiger partial charge in [-0.25, -0.2) is 8.42 Å². The summed E-state index contributed by atoms with van der Waals surface area (Å²) in [5.41, 5.74) is 6.00. The van der Waals surface area contributed by atoms with E-state index in [1.54, 1.807) is 12.1 Å². The lowest BCUT2D eigenvalue weighted by atomic mass is 10.1. The van der Waals surface area contributed by atoms with Crippen molar-refractivity contribution in [1.29, 1.82) is 0 Å². The van der Waals surface area contributed by atoms with Gasteiger partial charge in [-0.2, -0.15) is 0 Å². The second-order valence-electron chi connectivity index (χ2n) is 7.25. The van der Waals surface area contributed by atoms with Gasteiger partial charge in [0.15, 0.2) is 9.84 Å². The number of imide groups is 1. The third-order valence-corrected chi connectivity index (χ3v) is 6.40. The van der Waals surface area contributed by atoms with Crippen LogP contribution in [0, 0.1) is 0 Å². The van der Waals surface area contributed by atoms with E-state index in [9.17, 15) is 22.8 Å². The molecule has 3 heterocycles. The van der Waals surface area contributed by atoms with Crippen LogP contribution < -0.4 is 21.5 Å². The second-order valence-corrected chi connectivity index (χ2v) is 9.23. The summed E-state index contributed by atoms with van der Waals surface area (Å²) in [5, 5.41) is 2.10. The van der Waals surface area contributed by atoms with Gasteiger partial charge in [-0.3, -0.25) is 24.3 Å². The molecule has 0 unspecified atom stereocenters. The van der Waals surface area contributed by atoms with Gasteiger partial charge in [-0.1, -0.05) is 0 Å². The number of sulfone groups is 1. The number of piperidine rings is 1. The highest BCUT2D eigenvalue weighted by atomic mass is 32.2. The Hall–Kier alpha value is -3.14. The van der Waals surface area contributed by atoms with Gasteiger partial charge >= 0.3 is 0 Å². The topological polar surface area (TPSA) is 132 Å². The highest BCUT2D eigenvalue weighted by molar-refractivity contribution is 7.90. The molecule has 2 aliphatic heterocycles. The Labute approximate surface area is 167 Å². The summed E-state index contributed by atoms with van der Waals surface area (Å²) in [5.74, 6) is -1.69. The molecule has 1 aromatic heterocycles. The van der Waals surface area contributed by atoms with Crippen molar-refractivity contribution < 1.29 is 18.0 Å². The van der Waals surface area contributed by atoms with E-state index in [-0.39, 0.29) is 27.5 Å². The summed E-state index contributed by atoms with van der Waals surface area (Å²) in [4.78, 5) is 38.8. The van der Waals surface area contributed by atoms with Crippen molar-refractivity contribution in [2.45, 2.75) is 24.2 Å². The molecule has 0 bridgehead atoms. The van der Waals surface area contributed by atoms with Gasteiger partial charge in [-0.15, -0.1) is 0 Å². The molecule has 29 heavy (non-hydrogen) atoms. The molecule has 2 aliphatic rings. The SMILES string of the molecule is CS(=O)(=O)c1ccc(N2CCCCC2)cc1-n1c(N)c2c(cc1=O)C(=O)NC2=O. The van der Waals surface area contributed by atoms with Crippen LogP contribution in [0.4, 0.5) is 11.5 Å². The van der Waals surface area contributed by atoms with E-state index in [1.165, 1.54) is 6.07 Å². The third kappa shape index (κ3) is 3.19. The molecular formula is C19H20N4O5S. The Bertz CT molecular complexity index is 1210. The number of pyridine rings is 1. The molecule has 1 fully saturated rings. The number of nitrogens with one attached hydrogen (secondary N) is 1. The lowest BCUT2D eigenvalue weighted by Gasteiger charge is -2.29. The van der Waals surface area contributed by atoms with Gasteiger partial charge in [-0.05, 0) is 37.5 Å². The van der Waals surface area contributed by atoms with Crippen molar-refractivity contribution in [3.05, 3.63) is 45.7 Å². The first-order chi connectivity index (χ1) is 13.7. The van der Waals surface area contributed by atoms with Gasteiger partial charge in [0, 0.05) is 31.1 Å². The molecule has 152 valence electrons. The fourth-order valence-corrected chi connectivity index (χ4v) is 4.72. The summed E-state index contributed by atoms with van der Waals surface area (Å²) in [6, 6.07) is 5.75. The summed E-state index contributed by atoms with van der Waals surface area (Å²) >= 11 is 0. The van der Waals surface area contributed by atoms with Crippen molar-refractivity contribution in [2.75, 3.05) is 30.0 Å². The highest BCUT2D eigenvalue weighted by Gasteiger charge is 2.33. The summed E-state index contributed by atoms with van der Waals surface area (Å²) in [7, 11) is -3.70. The Kier molecular flexibility index (Phi) is 4.45. The van der Waals surface area contributed by atoms with Crippen molar-refractivity contribution in [3.63, 3.8) is 0 Å². The van der Waals surface area contributed by atoms with Gasteiger partial charge in [0.2, 0.25) is 0 Å². The van der Waals surface area contributed by atoms with Crippen LogP contribution in [-0.2, 0) is 9.84 Å². The second kappa shape index (κ2) is 6.73. The first-order valence-corrected chi connectivity index (χ1v) is 11.1. The van der Waals surface area contributed by atoms with Crippen LogP contribution in [0.15, 0.2) is 34.0 Å². The van der Waals surface area contributed by atoms with E-state index < -0.39 is 27.2 Å². The fraction of sp³-hybridized carbons (Fsp3) is 0.316. The molecular weight excluding hydrogens is 396 g/mol. The van der Waals surface area contributed by atoms with E-state index in [1.807, 2.05) is 0 Å². The molecule has 0 aliphatic carbocycles. The van der Waals surface area contributed by atoms with E-state index >= 15 is 0 Å². The van der Waals surface area contributed by atoms with Gasteiger partial charge in [0.1, 0.15) is 5.82 Å². The molecule has 0 saturated carbocycles. The molecule has 2 aromatic rings. The number of amides is 2. The van der Waals surface area contributed by atoms with Gasteiger partial charge in [0.25, 0.3) is 17.4 Å². The molecule has 2 amide bonds. The molecule has 9 nitrogen and oxygen atoms in total. The molecule has 0 radical (unpaired) electrons. The Balaban J connectivity index is 1.99. The maximum atomic E-state index is 12.8. The van der Waals surface area contributed by atoms with Crippen molar-refractivity contribution in [2.24, 2.45) is 0 Å². The van der Waals surface area contributed by atoms with Crippen LogP contribution in [0.3, 0.4) is 0 Å². The zero-order chi connectivity index (χ0) is 20.9. The Morgan fingerprint density at radius 3 is 2.34 bits per heavy atom. The number of nitrogen functional groups attached to an aromatic ring is 1. The van der Waals surface area contributed by atoms with Crippen LogP contribution in [0.2, 0.25) is 0 Å². The Morgan fingerprint density at radius 2 is 1.69 bits per heavy atom. The van der Waals surface area contributed by atoms with Crippen molar-refractivity contribution in [3.8, 4) is 5.69 Å². The number of anilines is 2. The molecule has 3 N–H and O–H groups in total. The zero-order valence-electron chi connectivity index (χ0n) is 15.8. The average molecular weight is 416 g/mol. The molecule has 0 spiro atoms. The van der Waals surface area contributed by atoms with E-state index in [4.69, 9.17) is 5.73 Å². The molecule has 10 heteroatoms. The van der Waals surface area contributed by atoms with Crippen LogP contribution >= 0.6 is 0 Å². The van der Waals surface area contributed by atoms with E-state index in [0.29, 0.717) is 0 Å². The number of benzene rings is 1. The first-order valence-electron chi connectivity index (χ1n) is 9.19. The number of hydrogen-bond donors (Lipinski definition) is 2. The number of fused-ring (bicyclic) bond motifs is 1. The normalized spacial score (nSPS) is 16.7. The molecule has 1 saturated heterocycles. The van der Waals surface area contributed by atoms with Crippen molar-refractivity contribution >= 4 is 33.2 Å². The summed E-state index contributed by atoms with van der Waals surface area (Å²) < 4.78 is 25.8. The maximum absolute atomic E-state index is 12.8. The lowest BCUT2D eigenvalue weighted by molar-refractivity contribution is 0.0880. The lowest BCUT2D eigenvalue weighted by Crippen LogP contribution is -2.30. The van der Waals surface area contributed by atoms with Crippen molar-refractivity contribution in [1.82, 2.24) is 9.88 Å². The number of hydrogen-bond acceptors (Lipinski definition) is 7. The van der Waals surface area contributed by atoms with Gasteiger partial charge in [0.05, 0.1) is 21.7 Å². The third-order valence-electron chi connectivity index (χ3n) is 5.26. The minimum absolute atomic E-state index is 0.0630. The number of nitrogens with zero attached hydrogens (tertiary/aromatic N) is 2. The highest BCUT2D eigenvalue weighted by Crippen LogP contribution is 2.30. The van der Waals surface area contributed by atoms with Crippen LogP contribution in [0.1, 0.15) is 40.0 Å². The summed E-state index contributed by atoms with van der Waals surface area (Å²) in [6.07, 6.45) is 4.21. The number of rotatable bonds is 3. The molecule has 0 atom stereocenters. The Morgan fingerprint density at radius 1 is 1.00 bits per heavy atom. The van der Waals surface area contributed by atoms with Crippen LogP contribution in [0.5, 0.6) is 0 Å². The first kappa shape index (κ1) is 19.2. The number of carbonyl (C=O) groups is 2. The average Bonchev–Trinajstić information content (AvgIpc) is 2.95. The standard InChI is InChI=1S/C19H20N4O5S/c1-29(27,28)14-6-5-11(22-7-3-2-4-8-22)9-13(14)23-15(24)10-12-16(17(23)20)19(26)21-18(12)25/h5-6,9-10H,2-4,7-8,20H2,1H3,(H,21,25,26). The zero-order valence-corrected chi connectivity index (χ0v) is 16.6. The quantitative estimate of drug-likeness (QED) is 0.704. The number of carbonyl (C=O) groups excluding carboxylic acids is 2. The van der Waals surface area contributed by atoms with Crippen LogP contribution in [-0.4, -0.2) is 44.1 Å². The number of aromatic nitrogens is 1. The van der Waals surface area contributed by atoms with Gasteiger partial charge < -0.3 is 10.6 Å². The minimum atomic E-state index is -3.70. The fourth-order valence-electron chi connectivity index (χ4n) is 3.87. The molecule has 1 aromatic carbocycles. The van der Waals surface area contributed by atoms with E-state index in [0.717, 1.165) is 54.9 Å². The van der Waals surface area contributed by atoms with Crippen LogP contribution in [0.25, 0.3) is 5.69 Å². The monoisotopic (exact) mass is 416 g/mol. The summed E-state index contributed by atoms with van der Waals surface area (Å²) in [6.45, 7) is 1.65. The minimum Gasteiger partial charge on any atom is -0.384 e. The van der Waals surface area contributed by atoms with E-state index in [2.05, 4.69) is 10.2 Å². The predicted octanol–water partition coefficient (Wildman–Crippen LogP) is 0.697. The molecule has 4 rings (SSSR count). The smallest absolute Gasteiger partial charge is 0.262 e.